The van der Waals surface area contributed by atoms with Crippen molar-refractivity contribution in [1.29, 1.82) is 0 Å². The van der Waals surface area contributed by atoms with Gasteiger partial charge in [-0.2, -0.15) is 0 Å². The van der Waals surface area contributed by atoms with E-state index in [0.29, 0.717) is 19.7 Å². The number of aliphatic carboxylic acids is 1. The maximum atomic E-state index is 10.5. The molecule has 0 N–H and O–H groups in total. The van der Waals surface area contributed by atoms with E-state index in [9.17, 15) is 9.90 Å². The van der Waals surface area contributed by atoms with Gasteiger partial charge < -0.3 is 14.6 Å². The average Bonchev–Trinajstić information content (AvgIpc) is 2.03. The fourth-order valence-electron chi connectivity index (χ4n) is 1.35. The van der Waals surface area contributed by atoms with Gasteiger partial charge in [0.15, 0.2) is 0 Å². The Hall–Kier alpha value is 0.390. The molecule has 70 valence electrons. The number of morpholine rings is 1. The first-order valence-corrected chi connectivity index (χ1v) is 4.17. The van der Waals surface area contributed by atoms with Crippen LogP contribution in [0, 0.1) is 0 Å². The molecule has 0 amide bonds. The van der Waals surface area contributed by atoms with Gasteiger partial charge in [-0.3, -0.25) is 4.90 Å². The number of hydrogen-bond acceptors (Lipinski definition) is 4. The summed E-state index contributed by atoms with van der Waals surface area (Å²) in [7, 11) is 0. The normalized spacial score (nSPS) is 26.2. The van der Waals surface area contributed by atoms with Crippen LogP contribution in [0.4, 0.5) is 0 Å². The Morgan fingerprint density at radius 1 is 1.69 bits per heavy atom. The van der Waals surface area contributed by atoms with Gasteiger partial charge in [-0.25, -0.2) is 0 Å². The monoisotopic (exact) mass is 195 g/mol. The molecule has 0 radical (unpaired) electrons. The number of nitrogens with zero attached hydrogens (tertiary/aromatic N) is 1. The van der Waals surface area contributed by atoms with Gasteiger partial charge in [-0.15, -0.1) is 0 Å². The van der Waals surface area contributed by atoms with Crippen LogP contribution < -0.4 is 34.7 Å². The molecule has 2 atom stereocenters. The van der Waals surface area contributed by atoms with E-state index in [2.05, 4.69) is 0 Å². The molecule has 1 saturated heterocycles. The molecule has 1 fully saturated rings. The van der Waals surface area contributed by atoms with Crippen LogP contribution in [-0.4, -0.2) is 42.7 Å². The van der Waals surface area contributed by atoms with E-state index in [4.69, 9.17) is 4.74 Å². The predicted molar refractivity (Wildman–Crippen MR) is 41.5 cm³/mol. The molecular formula is C8H14NNaO3. The first-order chi connectivity index (χ1) is 5.61. The molecule has 0 saturated carbocycles. The van der Waals surface area contributed by atoms with Gasteiger partial charge in [0.1, 0.15) is 0 Å². The maximum Gasteiger partial charge on any atom is 1.00 e. The Kier molecular flexibility index (Phi) is 6.16. The number of carbonyl (C=O) groups is 1. The van der Waals surface area contributed by atoms with Crippen molar-refractivity contribution in [2.75, 3.05) is 19.7 Å². The van der Waals surface area contributed by atoms with Crippen LogP contribution >= 0.6 is 0 Å². The number of hydrogen-bond donors (Lipinski definition) is 0. The number of rotatable bonds is 2. The van der Waals surface area contributed by atoms with E-state index >= 15 is 0 Å². The van der Waals surface area contributed by atoms with Crippen molar-refractivity contribution in [2.45, 2.75) is 26.0 Å². The first-order valence-electron chi connectivity index (χ1n) is 4.17. The minimum Gasteiger partial charge on any atom is -0.548 e. The minimum absolute atomic E-state index is 0. The molecule has 0 aliphatic carbocycles. The Morgan fingerprint density at radius 3 is 2.77 bits per heavy atom. The van der Waals surface area contributed by atoms with E-state index < -0.39 is 12.0 Å². The van der Waals surface area contributed by atoms with E-state index in [-0.39, 0.29) is 35.7 Å². The second kappa shape index (κ2) is 5.98. The molecule has 1 aliphatic rings. The predicted octanol–water partition coefficient (Wildman–Crippen LogP) is -4.15. The maximum absolute atomic E-state index is 10.5. The first kappa shape index (κ1) is 13.4. The third-order valence-electron chi connectivity index (χ3n) is 2.16. The van der Waals surface area contributed by atoms with Crippen molar-refractivity contribution in [1.82, 2.24) is 4.90 Å². The van der Waals surface area contributed by atoms with E-state index in [1.54, 1.807) is 6.92 Å². The fraction of sp³-hybridized carbons (Fsp3) is 0.875. The summed E-state index contributed by atoms with van der Waals surface area (Å²) < 4.78 is 5.28. The molecule has 5 heteroatoms. The molecule has 0 aromatic rings. The zero-order valence-corrected chi connectivity index (χ0v) is 10.4. The standard InChI is InChI=1S/C8H15NO3.Na/c1-6-5-9(3-4-12-6)7(2)8(10)11;/h6-7H,3-5H2,1-2H3,(H,10,11);/q;+1/p-1. The van der Waals surface area contributed by atoms with Crippen molar-refractivity contribution in [2.24, 2.45) is 0 Å². The van der Waals surface area contributed by atoms with Gasteiger partial charge in [0.05, 0.1) is 18.7 Å². The molecule has 1 heterocycles. The van der Waals surface area contributed by atoms with Crippen molar-refractivity contribution in [3.63, 3.8) is 0 Å². The topological polar surface area (TPSA) is 52.6 Å². The molecule has 13 heavy (non-hydrogen) atoms. The van der Waals surface area contributed by atoms with Crippen molar-refractivity contribution < 1.29 is 44.2 Å². The quantitative estimate of drug-likeness (QED) is 0.420. The van der Waals surface area contributed by atoms with Gasteiger partial charge in [0.2, 0.25) is 0 Å². The fourth-order valence-corrected chi connectivity index (χ4v) is 1.35. The zero-order valence-electron chi connectivity index (χ0n) is 8.45. The number of ether oxygens (including phenoxy) is 1. The molecule has 1 aliphatic heterocycles. The summed E-state index contributed by atoms with van der Waals surface area (Å²) in [4.78, 5) is 12.4. The minimum atomic E-state index is -1.01. The summed E-state index contributed by atoms with van der Waals surface area (Å²) in [6, 6.07) is -0.503. The summed E-state index contributed by atoms with van der Waals surface area (Å²) in [5.74, 6) is -1.01. The molecule has 0 spiro atoms. The average molecular weight is 195 g/mol. The van der Waals surface area contributed by atoms with Crippen LogP contribution in [0.15, 0.2) is 0 Å². The van der Waals surface area contributed by atoms with Crippen LogP contribution in [0.3, 0.4) is 0 Å². The summed E-state index contributed by atoms with van der Waals surface area (Å²) in [6.45, 7) is 5.55. The number of carbonyl (C=O) groups excluding carboxylic acids is 1. The van der Waals surface area contributed by atoms with Gasteiger partial charge in [-0.1, -0.05) is 0 Å². The SMILES string of the molecule is CC1CN(C(C)C(=O)[O-])CCO1.[Na+]. The smallest absolute Gasteiger partial charge is 0.548 e. The number of carboxylic acid groups (broad SMARTS) is 1. The van der Waals surface area contributed by atoms with Crippen LogP contribution in [0.5, 0.6) is 0 Å². The Balaban J connectivity index is 0.00000144. The summed E-state index contributed by atoms with van der Waals surface area (Å²) in [5, 5.41) is 10.5. The molecule has 2 unspecified atom stereocenters. The van der Waals surface area contributed by atoms with E-state index in [1.807, 2.05) is 11.8 Å². The molecule has 1 rings (SSSR count). The van der Waals surface area contributed by atoms with Crippen LogP contribution in [0.2, 0.25) is 0 Å². The van der Waals surface area contributed by atoms with Gasteiger partial charge in [-0.05, 0) is 13.8 Å². The summed E-state index contributed by atoms with van der Waals surface area (Å²) in [5.41, 5.74) is 0. The summed E-state index contributed by atoms with van der Waals surface area (Å²) in [6.07, 6.45) is 0.126. The molecule has 0 aromatic heterocycles. The second-order valence-electron chi connectivity index (χ2n) is 3.17. The van der Waals surface area contributed by atoms with Gasteiger partial charge in [0.25, 0.3) is 0 Å². The Labute approximate surface area is 101 Å². The Bertz CT molecular complexity index is 177. The zero-order chi connectivity index (χ0) is 9.14. The van der Waals surface area contributed by atoms with Crippen molar-refractivity contribution in [3.8, 4) is 0 Å². The number of carboxylic acids is 1. The largest absolute Gasteiger partial charge is 1.00 e. The van der Waals surface area contributed by atoms with E-state index in [1.165, 1.54) is 0 Å². The van der Waals surface area contributed by atoms with Gasteiger partial charge in [0, 0.05) is 19.1 Å². The van der Waals surface area contributed by atoms with Crippen LogP contribution in [0.1, 0.15) is 13.8 Å². The van der Waals surface area contributed by atoms with Crippen molar-refractivity contribution in [3.05, 3.63) is 0 Å². The van der Waals surface area contributed by atoms with Crippen LogP contribution in [-0.2, 0) is 9.53 Å². The van der Waals surface area contributed by atoms with Crippen LogP contribution in [0.25, 0.3) is 0 Å². The summed E-state index contributed by atoms with van der Waals surface area (Å²) >= 11 is 0. The molecule has 0 aromatic carbocycles. The molecule has 0 bridgehead atoms. The Morgan fingerprint density at radius 2 is 2.31 bits per heavy atom. The molecular weight excluding hydrogens is 181 g/mol. The van der Waals surface area contributed by atoms with Crippen molar-refractivity contribution >= 4 is 5.97 Å². The third kappa shape index (κ3) is 3.95. The molecule has 4 nitrogen and oxygen atoms in total. The second-order valence-corrected chi connectivity index (χ2v) is 3.17. The third-order valence-corrected chi connectivity index (χ3v) is 2.16. The van der Waals surface area contributed by atoms with Gasteiger partial charge >= 0.3 is 29.6 Å². The van der Waals surface area contributed by atoms with E-state index in [0.717, 1.165) is 0 Å².